The number of aryl methyl sites for hydroxylation is 2. The molecule has 25 heavy (non-hydrogen) atoms. The van der Waals surface area contributed by atoms with E-state index in [0.29, 0.717) is 17.9 Å². The molecule has 0 fully saturated rings. The average Bonchev–Trinajstić information content (AvgIpc) is 3.10. The average molecular weight is 335 g/mol. The van der Waals surface area contributed by atoms with Gasteiger partial charge in [-0.2, -0.15) is 4.98 Å². The molecular formula is C18H17N5O2. The molecule has 0 saturated carbocycles. The van der Waals surface area contributed by atoms with Gasteiger partial charge in [-0.05, 0) is 43.5 Å². The first-order valence-corrected chi connectivity index (χ1v) is 8.10. The Morgan fingerprint density at radius 1 is 1.32 bits per heavy atom. The van der Waals surface area contributed by atoms with Crippen LogP contribution in [0.5, 0.6) is 5.75 Å². The molecule has 1 atom stereocenters. The first-order chi connectivity index (χ1) is 12.2. The van der Waals surface area contributed by atoms with Gasteiger partial charge in [-0.25, -0.2) is 0 Å². The van der Waals surface area contributed by atoms with Gasteiger partial charge in [0.1, 0.15) is 11.4 Å². The van der Waals surface area contributed by atoms with Gasteiger partial charge in [-0.3, -0.25) is 20.2 Å². The van der Waals surface area contributed by atoms with Crippen molar-refractivity contribution in [3.05, 3.63) is 53.7 Å². The number of H-pyrrole nitrogens is 1. The lowest BCUT2D eigenvalue weighted by molar-refractivity contribution is -0.123. The lowest BCUT2D eigenvalue weighted by Crippen LogP contribution is -2.36. The number of pyridine rings is 1. The summed E-state index contributed by atoms with van der Waals surface area (Å²) >= 11 is 0. The second kappa shape index (κ2) is 6.35. The quantitative estimate of drug-likeness (QED) is 0.767. The molecule has 3 aromatic rings. The highest BCUT2D eigenvalue weighted by Crippen LogP contribution is 2.28. The zero-order chi connectivity index (χ0) is 17.2. The van der Waals surface area contributed by atoms with Gasteiger partial charge in [0, 0.05) is 6.20 Å². The first-order valence-electron chi connectivity index (χ1n) is 8.10. The molecule has 0 bridgehead atoms. The third-order valence-corrected chi connectivity index (χ3v) is 4.08. The fourth-order valence-corrected chi connectivity index (χ4v) is 2.83. The maximum Gasteiger partial charge on any atom is 0.267 e. The van der Waals surface area contributed by atoms with Crippen molar-refractivity contribution in [2.24, 2.45) is 0 Å². The molecule has 2 N–H and O–H groups in total. The Morgan fingerprint density at radius 3 is 3.08 bits per heavy atom. The molecule has 3 heterocycles. The predicted molar refractivity (Wildman–Crippen MR) is 92.2 cm³/mol. The van der Waals surface area contributed by atoms with E-state index in [4.69, 9.17) is 4.74 Å². The van der Waals surface area contributed by atoms with Gasteiger partial charge >= 0.3 is 0 Å². The van der Waals surface area contributed by atoms with Crippen LogP contribution in [0.15, 0.2) is 42.6 Å². The smallest absolute Gasteiger partial charge is 0.267 e. The van der Waals surface area contributed by atoms with E-state index in [0.717, 1.165) is 17.7 Å². The van der Waals surface area contributed by atoms with Crippen LogP contribution in [-0.4, -0.2) is 32.2 Å². The highest BCUT2D eigenvalue weighted by molar-refractivity contribution is 5.93. The predicted octanol–water partition coefficient (Wildman–Crippen LogP) is 2.51. The number of hydrogen-bond acceptors (Lipinski definition) is 5. The molecule has 2 aromatic heterocycles. The maximum atomic E-state index is 12.4. The minimum absolute atomic E-state index is 0.212. The van der Waals surface area contributed by atoms with Crippen molar-refractivity contribution in [1.82, 2.24) is 20.2 Å². The Hall–Kier alpha value is -3.22. The van der Waals surface area contributed by atoms with Crippen molar-refractivity contribution in [3.8, 4) is 17.3 Å². The van der Waals surface area contributed by atoms with E-state index in [2.05, 4.69) is 31.5 Å². The molecule has 1 aliphatic heterocycles. The van der Waals surface area contributed by atoms with Crippen molar-refractivity contribution in [2.45, 2.75) is 25.9 Å². The second-order valence-corrected chi connectivity index (χ2v) is 5.97. The number of fused-ring (bicyclic) bond motifs is 1. The third-order valence-electron chi connectivity index (χ3n) is 4.08. The molecule has 1 amide bonds. The molecule has 1 aromatic carbocycles. The SMILES string of the molecule is Cc1ccc2c(c1)CC[C@@H](C(=O)Nc1n[nH]c(-c3ccccn3)n1)O2. The van der Waals surface area contributed by atoms with Crippen LogP contribution < -0.4 is 10.1 Å². The largest absolute Gasteiger partial charge is 0.480 e. The molecule has 1 aliphatic rings. The number of hydrogen-bond donors (Lipinski definition) is 2. The van der Waals surface area contributed by atoms with Crippen LogP contribution in [0, 0.1) is 6.92 Å². The number of carbonyl (C=O) groups is 1. The number of aromatic amines is 1. The zero-order valence-corrected chi connectivity index (χ0v) is 13.7. The first kappa shape index (κ1) is 15.3. The van der Waals surface area contributed by atoms with Gasteiger partial charge in [0.2, 0.25) is 5.95 Å². The monoisotopic (exact) mass is 335 g/mol. The minimum Gasteiger partial charge on any atom is -0.480 e. The number of rotatable bonds is 3. The van der Waals surface area contributed by atoms with Crippen molar-refractivity contribution in [2.75, 3.05) is 5.32 Å². The molecule has 0 aliphatic carbocycles. The standard InChI is InChI=1S/C18H17N5O2/c1-11-5-7-14-12(10-11)6-8-15(25-14)17(24)21-18-20-16(22-23-18)13-4-2-3-9-19-13/h2-5,7,9-10,15H,6,8H2,1H3,(H2,20,21,22,23,24)/t15-/m0/s1. The van der Waals surface area contributed by atoms with Crippen LogP contribution in [0.1, 0.15) is 17.5 Å². The number of benzene rings is 1. The van der Waals surface area contributed by atoms with E-state index >= 15 is 0 Å². The van der Waals surface area contributed by atoms with E-state index in [-0.39, 0.29) is 11.9 Å². The Labute approximate surface area is 144 Å². The molecule has 0 spiro atoms. The van der Waals surface area contributed by atoms with Crippen molar-refractivity contribution >= 4 is 11.9 Å². The molecular weight excluding hydrogens is 318 g/mol. The third kappa shape index (κ3) is 3.21. The van der Waals surface area contributed by atoms with Crippen LogP contribution in [0.4, 0.5) is 5.95 Å². The lowest BCUT2D eigenvalue weighted by Gasteiger charge is -2.25. The topological polar surface area (TPSA) is 92.8 Å². The Morgan fingerprint density at radius 2 is 2.24 bits per heavy atom. The summed E-state index contributed by atoms with van der Waals surface area (Å²) < 4.78 is 5.82. The molecule has 7 heteroatoms. The zero-order valence-electron chi connectivity index (χ0n) is 13.7. The van der Waals surface area contributed by atoms with Crippen molar-refractivity contribution < 1.29 is 9.53 Å². The molecule has 0 radical (unpaired) electrons. The van der Waals surface area contributed by atoms with Crippen LogP contribution in [0.3, 0.4) is 0 Å². The van der Waals surface area contributed by atoms with Crippen molar-refractivity contribution in [3.63, 3.8) is 0 Å². The van der Waals surface area contributed by atoms with Crippen LogP contribution in [0.25, 0.3) is 11.5 Å². The number of ether oxygens (including phenoxy) is 1. The summed E-state index contributed by atoms with van der Waals surface area (Å²) in [6, 6.07) is 11.5. The summed E-state index contributed by atoms with van der Waals surface area (Å²) in [5.74, 6) is 1.23. The number of nitrogens with zero attached hydrogens (tertiary/aromatic N) is 3. The summed E-state index contributed by atoms with van der Waals surface area (Å²) in [6.07, 6.45) is 2.56. The molecule has 4 rings (SSSR count). The Kier molecular flexibility index (Phi) is 3.89. The van der Waals surface area contributed by atoms with E-state index < -0.39 is 6.10 Å². The van der Waals surface area contributed by atoms with Crippen LogP contribution in [0.2, 0.25) is 0 Å². The highest BCUT2D eigenvalue weighted by Gasteiger charge is 2.27. The summed E-state index contributed by atoms with van der Waals surface area (Å²) in [5.41, 5.74) is 2.99. The minimum atomic E-state index is -0.549. The Balaban J connectivity index is 1.44. The van der Waals surface area contributed by atoms with E-state index in [1.165, 1.54) is 5.56 Å². The van der Waals surface area contributed by atoms with Gasteiger partial charge in [0.15, 0.2) is 11.9 Å². The fraction of sp³-hybridized carbons (Fsp3) is 0.222. The second-order valence-electron chi connectivity index (χ2n) is 5.97. The molecule has 0 saturated heterocycles. The van der Waals surface area contributed by atoms with Gasteiger partial charge < -0.3 is 4.74 Å². The number of nitrogens with one attached hydrogen (secondary N) is 2. The van der Waals surface area contributed by atoms with E-state index in [1.54, 1.807) is 6.20 Å². The summed E-state index contributed by atoms with van der Waals surface area (Å²) in [7, 11) is 0. The number of aromatic nitrogens is 4. The van der Waals surface area contributed by atoms with Crippen molar-refractivity contribution in [1.29, 1.82) is 0 Å². The molecule has 126 valence electrons. The lowest BCUT2D eigenvalue weighted by atomic mass is 10.00. The van der Waals surface area contributed by atoms with Gasteiger partial charge in [-0.1, -0.05) is 23.8 Å². The van der Waals surface area contributed by atoms with Gasteiger partial charge in [0.05, 0.1) is 0 Å². The molecule has 7 nitrogen and oxygen atoms in total. The fourth-order valence-electron chi connectivity index (χ4n) is 2.83. The van der Waals surface area contributed by atoms with Gasteiger partial charge in [0.25, 0.3) is 5.91 Å². The van der Waals surface area contributed by atoms with E-state index in [9.17, 15) is 4.79 Å². The summed E-state index contributed by atoms with van der Waals surface area (Å²) in [5, 5.41) is 9.49. The van der Waals surface area contributed by atoms with Crippen LogP contribution in [-0.2, 0) is 11.2 Å². The Bertz CT molecular complexity index is 907. The van der Waals surface area contributed by atoms with Crippen LogP contribution >= 0.6 is 0 Å². The number of anilines is 1. The maximum absolute atomic E-state index is 12.4. The molecule has 0 unspecified atom stereocenters. The number of carbonyl (C=O) groups excluding carboxylic acids is 1. The normalized spacial score (nSPS) is 16.0. The highest BCUT2D eigenvalue weighted by atomic mass is 16.5. The summed E-state index contributed by atoms with van der Waals surface area (Å²) in [6.45, 7) is 2.04. The number of amides is 1. The summed E-state index contributed by atoms with van der Waals surface area (Å²) in [4.78, 5) is 20.9. The van der Waals surface area contributed by atoms with Gasteiger partial charge in [-0.15, -0.1) is 5.10 Å². The van der Waals surface area contributed by atoms with E-state index in [1.807, 2.05) is 37.3 Å².